The van der Waals surface area contributed by atoms with Gasteiger partial charge in [-0.05, 0) is 38.1 Å². The third-order valence-electron chi connectivity index (χ3n) is 3.67. The standard InChI is InChI=1S/C15H30N2O/c1-4-5-11-17(12-14-7-6-10-16-14)15(18)9-8-13(2)3/h13-14,16H,4-12H2,1-3H3. The monoisotopic (exact) mass is 254 g/mol. The average Bonchev–Trinajstić information content (AvgIpc) is 2.84. The second-order valence-corrected chi connectivity index (χ2v) is 5.92. The second-order valence-electron chi connectivity index (χ2n) is 5.92. The van der Waals surface area contributed by atoms with Gasteiger partial charge in [0.1, 0.15) is 0 Å². The molecule has 1 aliphatic heterocycles. The molecule has 0 saturated carbocycles. The van der Waals surface area contributed by atoms with Crippen LogP contribution < -0.4 is 5.32 Å². The van der Waals surface area contributed by atoms with Crippen molar-refractivity contribution in [2.75, 3.05) is 19.6 Å². The highest BCUT2D eigenvalue weighted by Gasteiger charge is 2.20. The molecule has 0 aliphatic carbocycles. The van der Waals surface area contributed by atoms with E-state index in [1.807, 2.05) is 0 Å². The Morgan fingerprint density at radius 1 is 1.44 bits per heavy atom. The molecule has 1 aliphatic rings. The molecule has 1 N–H and O–H groups in total. The maximum atomic E-state index is 12.2. The molecule has 1 heterocycles. The zero-order valence-electron chi connectivity index (χ0n) is 12.4. The van der Waals surface area contributed by atoms with Crippen LogP contribution in [0.3, 0.4) is 0 Å². The number of hydrogen-bond donors (Lipinski definition) is 1. The average molecular weight is 254 g/mol. The minimum absolute atomic E-state index is 0.353. The van der Waals surface area contributed by atoms with Gasteiger partial charge >= 0.3 is 0 Å². The first-order chi connectivity index (χ1) is 8.63. The first-order valence-corrected chi connectivity index (χ1v) is 7.64. The lowest BCUT2D eigenvalue weighted by Gasteiger charge is -2.26. The molecule has 1 unspecified atom stereocenters. The van der Waals surface area contributed by atoms with Crippen molar-refractivity contribution >= 4 is 5.91 Å². The summed E-state index contributed by atoms with van der Waals surface area (Å²) in [6.45, 7) is 9.52. The van der Waals surface area contributed by atoms with Crippen molar-refractivity contribution in [3.05, 3.63) is 0 Å². The minimum Gasteiger partial charge on any atom is -0.341 e. The summed E-state index contributed by atoms with van der Waals surface area (Å²) in [4.78, 5) is 14.3. The summed E-state index contributed by atoms with van der Waals surface area (Å²) in [6.07, 6.45) is 6.49. The molecule has 106 valence electrons. The highest BCUT2D eigenvalue weighted by atomic mass is 16.2. The van der Waals surface area contributed by atoms with E-state index in [1.165, 1.54) is 12.8 Å². The third-order valence-corrected chi connectivity index (χ3v) is 3.67. The van der Waals surface area contributed by atoms with Crippen LogP contribution in [-0.2, 0) is 4.79 Å². The Morgan fingerprint density at radius 3 is 2.78 bits per heavy atom. The molecule has 1 amide bonds. The lowest BCUT2D eigenvalue weighted by molar-refractivity contribution is -0.131. The number of rotatable bonds is 8. The molecule has 3 heteroatoms. The predicted octanol–water partition coefficient (Wildman–Crippen LogP) is 2.80. The van der Waals surface area contributed by atoms with Gasteiger partial charge in [-0.1, -0.05) is 27.2 Å². The SMILES string of the molecule is CCCCN(CC1CCCN1)C(=O)CCC(C)C. The molecule has 0 bridgehead atoms. The van der Waals surface area contributed by atoms with Crippen molar-refractivity contribution in [3.63, 3.8) is 0 Å². The summed E-state index contributed by atoms with van der Waals surface area (Å²) in [7, 11) is 0. The van der Waals surface area contributed by atoms with Crippen LogP contribution in [0.15, 0.2) is 0 Å². The predicted molar refractivity (Wildman–Crippen MR) is 76.6 cm³/mol. The van der Waals surface area contributed by atoms with E-state index in [-0.39, 0.29) is 0 Å². The van der Waals surface area contributed by atoms with Crippen molar-refractivity contribution in [1.29, 1.82) is 0 Å². The summed E-state index contributed by atoms with van der Waals surface area (Å²) in [5.41, 5.74) is 0. The summed E-state index contributed by atoms with van der Waals surface area (Å²) < 4.78 is 0. The van der Waals surface area contributed by atoms with Gasteiger partial charge in [-0.15, -0.1) is 0 Å². The van der Waals surface area contributed by atoms with E-state index >= 15 is 0 Å². The Morgan fingerprint density at radius 2 is 2.22 bits per heavy atom. The number of nitrogens with one attached hydrogen (secondary N) is 1. The van der Waals surface area contributed by atoms with Crippen LogP contribution in [0.5, 0.6) is 0 Å². The first kappa shape index (κ1) is 15.5. The topological polar surface area (TPSA) is 32.3 Å². The largest absolute Gasteiger partial charge is 0.341 e. The highest BCUT2D eigenvalue weighted by molar-refractivity contribution is 5.76. The van der Waals surface area contributed by atoms with E-state index in [0.717, 1.165) is 38.9 Å². The van der Waals surface area contributed by atoms with E-state index in [0.29, 0.717) is 24.3 Å². The quantitative estimate of drug-likeness (QED) is 0.722. The Balaban J connectivity index is 2.39. The molecule has 0 radical (unpaired) electrons. The molecule has 3 nitrogen and oxygen atoms in total. The molecule has 1 fully saturated rings. The Kier molecular flexibility index (Phi) is 7.33. The van der Waals surface area contributed by atoms with Gasteiger partial charge in [-0.25, -0.2) is 0 Å². The Labute approximate surface area is 112 Å². The lowest BCUT2D eigenvalue weighted by Crippen LogP contribution is -2.41. The molecule has 1 rings (SSSR count). The fourth-order valence-electron chi connectivity index (χ4n) is 2.42. The van der Waals surface area contributed by atoms with Crippen LogP contribution in [0.25, 0.3) is 0 Å². The number of amides is 1. The van der Waals surface area contributed by atoms with E-state index in [2.05, 4.69) is 31.0 Å². The van der Waals surface area contributed by atoms with Crippen LogP contribution in [0, 0.1) is 5.92 Å². The zero-order chi connectivity index (χ0) is 13.4. The molecule has 0 aromatic carbocycles. The van der Waals surface area contributed by atoms with Crippen molar-refractivity contribution in [2.45, 2.75) is 65.3 Å². The van der Waals surface area contributed by atoms with Gasteiger partial charge in [0.25, 0.3) is 0 Å². The maximum absolute atomic E-state index is 12.2. The molecule has 18 heavy (non-hydrogen) atoms. The van der Waals surface area contributed by atoms with Gasteiger partial charge in [0.15, 0.2) is 0 Å². The molecule has 0 aromatic rings. The van der Waals surface area contributed by atoms with Crippen LogP contribution in [-0.4, -0.2) is 36.5 Å². The Hall–Kier alpha value is -0.570. The number of unbranched alkanes of at least 4 members (excludes halogenated alkanes) is 1. The van der Waals surface area contributed by atoms with Gasteiger partial charge in [0.05, 0.1) is 0 Å². The van der Waals surface area contributed by atoms with E-state index in [4.69, 9.17) is 0 Å². The van der Waals surface area contributed by atoms with Gasteiger partial charge in [-0.3, -0.25) is 4.79 Å². The summed E-state index contributed by atoms with van der Waals surface area (Å²) >= 11 is 0. The summed E-state index contributed by atoms with van der Waals surface area (Å²) in [5.74, 6) is 0.970. The first-order valence-electron chi connectivity index (χ1n) is 7.64. The van der Waals surface area contributed by atoms with Gasteiger partial charge in [-0.2, -0.15) is 0 Å². The summed E-state index contributed by atoms with van der Waals surface area (Å²) in [6, 6.07) is 0.532. The minimum atomic E-state index is 0.353. The summed E-state index contributed by atoms with van der Waals surface area (Å²) in [5, 5.41) is 3.49. The molecular formula is C15H30N2O. The molecule has 1 saturated heterocycles. The Bertz CT molecular complexity index is 235. The normalized spacial score (nSPS) is 19.4. The maximum Gasteiger partial charge on any atom is 0.222 e. The van der Waals surface area contributed by atoms with Crippen LogP contribution in [0.2, 0.25) is 0 Å². The lowest BCUT2D eigenvalue weighted by atomic mass is 10.1. The highest BCUT2D eigenvalue weighted by Crippen LogP contribution is 2.11. The zero-order valence-corrected chi connectivity index (χ0v) is 12.4. The third kappa shape index (κ3) is 5.85. The van der Waals surface area contributed by atoms with E-state index in [1.54, 1.807) is 0 Å². The van der Waals surface area contributed by atoms with E-state index in [9.17, 15) is 4.79 Å². The molecular weight excluding hydrogens is 224 g/mol. The van der Waals surface area contributed by atoms with Gasteiger partial charge in [0.2, 0.25) is 5.91 Å². The number of nitrogens with zero attached hydrogens (tertiary/aromatic N) is 1. The molecule has 0 aromatic heterocycles. The fourth-order valence-corrected chi connectivity index (χ4v) is 2.42. The van der Waals surface area contributed by atoms with Crippen LogP contribution >= 0.6 is 0 Å². The van der Waals surface area contributed by atoms with Gasteiger partial charge in [0, 0.05) is 25.6 Å². The van der Waals surface area contributed by atoms with Gasteiger partial charge < -0.3 is 10.2 Å². The number of hydrogen-bond acceptors (Lipinski definition) is 2. The number of carbonyl (C=O) groups excluding carboxylic acids is 1. The van der Waals surface area contributed by atoms with Crippen molar-refractivity contribution < 1.29 is 4.79 Å². The van der Waals surface area contributed by atoms with Crippen molar-refractivity contribution in [1.82, 2.24) is 10.2 Å². The molecule has 1 atom stereocenters. The van der Waals surface area contributed by atoms with Crippen molar-refractivity contribution in [3.8, 4) is 0 Å². The van der Waals surface area contributed by atoms with E-state index < -0.39 is 0 Å². The fraction of sp³-hybridized carbons (Fsp3) is 0.933. The van der Waals surface area contributed by atoms with Crippen LogP contribution in [0.1, 0.15) is 59.3 Å². The number of carbonyl (C=O) groups is 1. The second kappa shape index (κ2) is 8.52. The smallest absolute Gasteiger partial charge is 0.222 e. The van der Waals surface area contributed by atoms with Crippen molar-refractivity contribution in [2.24, 2.45) is 5.92 Å². The molecule has 0 spiro atoms. The van der Waals surface area contributed by atoms with Crippen LogP contribution in [0.4, 0.5) is 0 Å².